The molecular formula is C21H29NO3. The molecule has 2 aromatic rings. The Morgan fingerprint density at radius 3 is 2.32 bits per heavy atom. The molecule has 0 radical (unpaired) electrons. The lowest BCUT2D eigenvalue weighted by Gasteiger charge is -2.14. The standard InChI is InChI=1S/C21H29NO3/c1-15(2)20-8-7-19(13-16(20)3)24-11-12-25-21-14-18(23-4)6-5-17(21)9-10-22/h5-8,13-15H,9-12,22H2,1-4H3. The van der Waals surface area contributed by atoms with Crippen LogP contribution in [0.2, 0.25) is 0 Å². The molecule has 0 saturated carbocycles. The van der Waals surface area contributed by atoms with Gasteiger partial charge in [-0.05, 0) is 60.7 Å². The minimum absolute atomic E-state index is 0.468. The van der Waals surface area contributed by atoms with Crippen LogP contribution in [0.15, 0.2) is 36.4 Å². The molecule has 0 bridgehead atoms. The summed E-state index contributed by atoms with van der Waals surface area (Å²) in [5.74, 6) is 2.97. The lowest BCUT2D eigenvalue weighted by molar-refractivity contribution is 0.215. The van der Waals surface area contributed by atoms with Crippen LogP contribution in [0, 0.1) is 6.92 Å². The largest absolute Gasteiger partial charge is 0.497 e. The number of rotatable bonds is 9. The first kappa shape index (κ1) is 19.1. The topological polar surface area (TPSA) is 53.7 Å². The number of methoxy groups -OCH3 is 1. The smallest absolute Gasteiger partial charge is 0.126 e. The monoisotopic (exact) mass is 343 g/mol. The molecule has 25 heavy (non-hydrogen) atoms. The van der Waals surface area contributed by atoms with Crippen LogP contribution < -0.4 is 19.9 Å². The molecular weight excluding hydrogens is 314 g/mol. The third-order valence-electron chi connectivity index (χ3n) is 4.16. The molecule has 0 heterocycles. The number of nitrogens with two attached hydrogens (primary N) is 1. The van der Waals surface area contributed by atoms with Gasteiger partial charge in [0.05, 0.1) is 7.11 Å². The summed E-state index contributed by atoms with van der Waals surface area (Å²) in [5, 5.41) is 0. The van der Waals surface area contributed by atoms with Gasteiger partial charge in [-0.1, -0.05) is 26.0 Å². The molecule has 0 aromatic heterocycles. The van der Waals surface area contributed by atoms with Gasteiger partial charge in [-0.3, -0.25) is 0 Å². The molecule has 0 aliphatic carbocycles. The first-order chi connectivity index (χ1) is 12.0. The summed E-state index contributed by atoms with van der Waals surface area (Å²) in [6.07, 6.45) is 0.774. The number of benzene rings is 2. The van der Waals surface area contributed by atoms with Crippen molar-refractivity contribution in [1.29, 1.82) is 0 Å². The van der Waals surface area contributed by atoms with Gasteiger partial charge in [-0.15, -0.1) is 0 Å². The Hall–Kier alpha value is -2.20. The van der Waals surface area contributed by atoms with Crippen LogP contribution in [0.25, 0.3) is 0 Å². The van der Waals surface area contributed by atoms with E-state index in [1.165, 1.54) is 11.1 Å². The lowest BCUT2D eigenvalue weighted by atomic mass is 9.98. The average molecular weight is 343 g/mol. The van der Waals surface area contributed by atoms with Crippen LogP contribution >= 0.6 is 0 Å². The van der Waals surface area contributed by atoms with Crippen LogP contribution in [0.1, 0.15) is 36.5 Å². The van der Waals surface area contributed by atoms with Crippen molar-refractivity contribution in [3.05, 3.63) is 53.1 Å². The molecule has 136 valence electrons. The summed E-state index contributed by atoms with van der Waals surface area (Å²) in [6.45, 7) is 8.05. The van der Waals surface area contributed by atoms with Gasteiger partial charge in [0.25, 0.3) is 0 Å². The number of hydrogen-bond donors (Lipinski definition) is 1. The van der Waals surface area contributed by atoms with Gasteiger partial charge in [-0.2, -0.15) is 0 Å². The highest BCUT2D eigenvalue weighted by molar-refractivity contribution is 5.41. The molecule has 0 fully saturated rings. The van der Waals surface area contributed by atoms with Crippen molar-refractivity contribution in [2.75, 3.05) is 26.9 Å². The lowest BCUT2D eigenvalue weighted by Crippen LogP contribution is -2.11. The zero-order valence-corrected chi connectivity index (χ0v) is 15.7. The average Bonchev–Trinajstić information content (AvgIpc) is 2.59. The second kappa shape index (κ2) is 9.33. The Bertz CT molecular complexity index is 683. The second-order valence-electron chi connectivity index (χ2n) is 6.38. The highest BCUT2D eigenvalue weighted by Gasteiger charge is 2.07. The highest BCUT2D eigenvalue weighted by atomic mass is 16.5. The van der Waals surface area contributed by atoms with Crippen molar-refractivity contribution < 1.29 is 14.2 Å². The van der Waals surface area contributed by atoms with Crippen molar-refractivity contribution in [2.45, 2.75) is 33.1 Å². The number of ether oxygens (including phenoxy) is 3. The van der Waals surface area contributed by atoms with E-state index >= 15 is 0 Å². The summed E-state index contributed by atoms with van der Waals surface area (Å²) in [7, 11) is 1.65. The fourth-order valence-corrected chi connectivity index (χ4v) is 2.86. The summed E-state index contributed by atoms with van der Waals surface area (Å²) in [6, 6.07) is 12.1. The fraction of sp³-hybridized carbons (Fsp3) is 0.429. The van der Waals surface area contributed by atoms with Crippen molar-refractivity contribution in [3.8, 4) is 17.2 Å². The van der Waals surface area contributed by atoms with Gasteiger partial charge < -0.3 is 19.9 Å². The molecule has 2 rings (SSSR count). The molecule has 0 unspecified atom stereocenters. The van der Waals surface area contributed by atoms with Gasteiger partial charge >= 0.3 is 0 Å². The van der Waals surface area contributed by atoms with Crippen LogP contribution in [0.4, 0.5) is 0 Å². The van der Waals surface area contributed by atoms with Gasteiger partial charge in [0.15, 0.2) is 0 Å². The normalized spacial score (nSPS) is 10.8. The molecule has 2 aromatic carbocycles. The van der Waals surface area contributed by atoms with E-state index in [0.717, 1.165) is 29.2 Å². The maximum atomic E-state index is 5.89. The minimum Gasteiger partial charge on any atom is -0.497 e. The Labute approximate surface area is 150 Å². The van der Waals surface area contributed by atoms with Gasteiger partial charge in [-0.25, -0.2) is 0 Å². The highest BCUT2D eigenvalue weighted by Crippen LogP contribution is 2.26. The van der Waals surface area contributed by atoms with Crippen LogP contribution in [-0.4, -0.2) is 26.9 Å². The minimum atomic E-state index is 0.468. The van der Waals surface area contributed by atoms with E-state index < -0.39 is 0 Å². The van der Waals surface area contributed by atoms with Crippen molar-refractivity contribution in [1.82, 2.24) is 0 Å². The summed E-state index contributed by atoms with van der Waals surface area (Å²) in [5.41, 5.74) is 9.36. The maximum Gasteiger partial charge on any atom is 0.126 e. The third-order valence-corrected chi connectivity index (χ3v) is 4.16. The Morgan fingerprint density at radius 1 is 0.960 bits per heavy atom. The number of aryl methyl sites for hydroxylation is 1. The maximum absolute atomic E-state index is 5.89. The molecule has 0 aliphatic rings. The molecule has 2 N–H and O–H groups in total. The summed E-state index contributed by atoms with van der Waals surface area (Å²) < 4.78 is 17.0. The summed E-state index contributed by atoms with van der Waals surface area (Å²) in [4.78, 5) is 0. The molecule has 0 atom stereocenters. The van der Waals surface area contributed by atoms with E-state index in [1.807, 2.05) is 24.3 Å². The van der Waals surface area contributed by atoms with Gasteiger partial charge in [0, 0.05) is 6.07 Å². The zero-order valence-electron chi connectivity index (χ0n) is 15.7. The molecule has 4 heteroatoms. The molecule has 0 amide bonds. The van der Waals surface area contributed by atoms with Gasteiger partial charge in [0.2, 0.25) is 0 Å². The van der Waals surface area contributed by atoms with Crippen LogP contribution in [0.5, 0.6) is 17.2 Å². The Kier molecular flexibility index (Phi) is 7.14. The van der Waals surface area contributed by atoms with Crippen molar-refractivity contribution in [3.63, 3.8) is 0 Å². The summed E-state index contributed by atoms with van der Waals surface area (Å²) >= 11 is 0. The van der Waals surface area contributed by atoms with Crippen LogP contribution in [0.3, 0.4) is 0 Å². The fourth-order valence-electron chi connectivity index (χ4n) is 2.86. The SMILES string of the molecule is COc1ccc(CCN)c(OCCOc2ccc(C(C)C)c(C)c2)c1. The molecule has 0 aliphatic heterocycles. The quantitative estimate of drug-likeness (QED) is 0.697. The van der Waals surface area contributed by atoms with Crippen molar-refractivity contribution in [2.24, 2.45) is 5.73 Å². The molecule has 0 spiro atoms. The first-order valence-corrected chi connectivity index (χ1v) is 8.78. The van der Waals surface area contributed by atoms with E-state index in [0.29, 0.717) is 25.7 Å². The second-order valence-corrected chi connectivity index (χ2v) is 6.38. The van der Waals surface area contributed by atoms with Crippen molar-refractivity contribution >= 4 is 0 Å². The Morgan fingerprint density at radius 2 is 1.68 bits per heavy atom. The number of hydrogen-bond acceptors (Lipinski definition) is 4. The molecule has 4 nitrogen and oxygen atoms in total. The van der Waals surface area contributed by atoms with E-state index in [1.54, 1.807) is 7.11 Å². The van der Waals surface area contributed by atoms with E-state index in [9.17, 15) is 0 Å². The van der Waals surface area contributed by atoms with Gasteiger partial charge in [0.1, 0.15) is 30.5 Å². The van der Waals surface area contributed by atoms with E-state index in [4.69, 9.17) is 19.9 Å². The first-order valence-electron chi connectivity index (χ1n) is 8.78. The third kappa shape index (κ3) is 5.40. The van der Waals surface area contributed by atoms with Crippen LogP contribution in [-0.2, 0) is 6.42 Å². The predicted molar refractivity (Wildman–Crippen MR) is 102 cm³/mol. The Balaban J connectivity index is 1.91. The predicted octanol–water partition coefficient (Wildman–Crippen LogP) is 4.09. The van der Waals surface area contributed by atoms with E-state index in [-0.39, 0.29) is 0 Å². The molecule has 0 saturated heterocycles. The zero-order chi connectivity index (χ0) is 18.2. The van der Waals surface area contributed by atoms with E-state index in [2.05, 4.69) is 32.9 Å².